The number of aromatic nitrogens is 2. The van der Waals surface area contributed by atoms with Crippen molar-refractivity contribution in [1.29, 1.82) is 0 Å². The molecular weight excluding hydrogens is 346 g/mol. The average molecular weight is 370 g/mol. The number of halogens is 1. The minimum atomic E-state index is 0.368. The van der Waals surface area contributed by atoms with Crippen LogP contribution < -0.4 is 5.32 Å². The molecule has 0 aliphatic heterocycles. The lowest BCUT2D eigenvalue weighted by Crippen LogP contribution is -2.24. The summed E-state index contributed by atoms with van der Waals surface area (Å²) in [4.78, 5) is 1.40. The van der Waals surface area contributed by atoms with Gasteiger partial charge in [0.05, 0.1) is 15.9 Å². The van der Waals surface area contributed by atoms with E-state index in [1.807, 2.05) is 11.3 Å². The van der Waals surface area contributed by atoms with Gasteiger partial charge in [-0.2, -0.15) is 5.10 Å². The maximum Gasteiger partial charge on any atom is 0.0766 e. The summed E-state index contributed by atoms with van der Waals surface area (Å²) in [6.07, 6.45) is 3.09. The molecule has 0 radical (unpaired) electrons. The first-order valence-electron chi connectivity index (χ1n) is 7.72. The molecule has 0 spiro atoms. The van der Waals surface area contributed by atoms with Crippen LogP contribution in [-0.2, 0) is 19.4 Å². The Morgan fingerprint density at radius 3 is 2.76 bits per heavy atom. The van der Waals surface area contributed by atoms with E-state index in [-0.39, 0.29) is 0 Å². The SMILES string of the molecule is CCCNC(Cc1c(Br)c(CC)nn1CC)c1cccs1. The third kappa shape index (κ3) is 3.96. The monoisotopic (exact) mass is 369 g/mol. The average Bonchev–Trinajstić information content (AvgIpc) is 3.12. The van der Waals surface area contributed by atoms with Crippen LogP contribution in [0.15, 0.2) is 22.0 Å². The van der Waals surface area contributed by atoms with Gasteiger partial charge < -0.3 is 5.32 Å². The van der Waals surface area contributed by atoms with Crippen molar-refractivity contribution in [2.45, 2.75) is 52.6 Å². The molecule has 2 aromatic rings. The van der Waals surface area contributed by atoms with Crippen LogP contribution in [0.5, 0.6) is 0 Å². The van der Waals surface area contributed by atoms with Gasteiger partial charge in [-0.15, -0.1) is 11.3 Å². The number of nitrogens with one attached hydrogen (secondary N) is 1. The molecule has 0 saturated carbocycles. The third-order valence-corrected chi connectivity index (χ3v) is 5.52. The van der Waals surface area contributed by atoms with E-state index in [1.165, 1.54) is 15.0 Å². The Bertz CT molecular complexity index is 548. The first kappa shape index (κ1) is 16.7. The van der Waals surface area contributed by atoms with Crippen LogP contribution in [0.25, 0.3) is 0 Å². The zero-order chi connectivity index (χ0) is 15.2. The van der Waals surface area contributed by atoms with Crippen molar-refractivity contribution in [3.05, 3.63) is 38.3 Å². The van der Waals surface area contributed by atoms with Gasteiger partial charge in [-0.3, -0.25) is 4.68 Å². The molecule has 0 bridgehead atoms. The van der Waals surface area contributed by atoms with E-state index in [0.29, 0.717) is 6.04 Å². The largest absolute Gasteiger partial charge is 0.309 e. The number of hydrogen-bond acceptors (Lipinski definition) is 3. The van der Waals surface area contributed by atoms with E-state index < -0.39 is 0 Å². The normalized spacial score (nSPS) is 12.8. The maximum atomic E-state index is 4.71. The lowest BCUT2D eigenvalue weighted by Gasteiger charge is -2.18. The van der Waals surface area contributed by atoms with Crippen LogP contribution in [0.1, 0.15) is 49.5 Å². The van der Waals surface area contributed by atoms with Gasteiger partial charge in [-0.05, 0) is 53.7 Å². The summed E-state index contributed by atoms with van der Waals surface area (Å²) in [6, 6.07) is 4.72. The van der Waals surface area contributed by atoms with Crippen molar-refractivity contribution in [2.75, 3.05) is 6.54 Å². The van der Waals surface area contributed by atoms with Crippen molar-refractivity contribution in [3.63, 3.8) is 0 Å². The summed E-state index contributed by atoms with van der Waals surface area (Å²) in [6.45, 7) is 8.48. The van der Waals surface area contributed by atoms with Gasteiger partial charge in [0.25, 0.3) is 0 Å². The molecule has 1 atom stereocenters. The fraction of sp³-hybridized carbons (Fsp3) is 0.562. The van der Waals surface area contributed by atoms with Gasteiger partial charge in [0.2, 0.25) is 0 Å². The van der Waals surface area contributed by atoms with Crippen molar-refractivity contribution in [1.82, 2.24) is 15.1 Å². The molecule has 3 nitrogen and oxygen atoms in total. The van der Waals surface area contributed by atoms with Crippen LogP contribution in [-0.4, -0.2) is 16.3 Å². The molecular formula is C16H24BrN3S. The highest BCUT2D eigenvalue weighted by Crippen LogP contribution is 2.29. The molecule has 21 heavy (non-hydrogen) atoms. The van der Waals surface area contributed by atoms with E-state index in [4.69, 9.17) is 5.10 Å². The Morgan fingerprint density at radius 2 is 2.19 bits per heavy atom. The third-order valence-electron chi connectivity index (χ3n) is 3.62. The second-order valence-electron chi connectivity index (χ2n) is 5.10. The minimum absolute atomic E-state index is 0.368. The van der Waals surface area contributed by atoms with Gasteiger partial charge in [0, 0.05) is 23.9 Å². The molecule has 1 N–H and O–H groups in total. The second kappa shape index (κ2) is 8.11. The highest BCUT2D eigenvalue weighted by atomic mass is 79.9. The number of hydrogen-bond donors (Lipinski definition) is 1. The van der Waals surface area contributed by atoms with Gasteiger partial charge in [0.1, 0.15) is 0 Å². The summed E-state index contributed by atoms with van der Waals surface area (Å²) in [5.41, 5.74) is 2.46. The summed E-state index contributed by atoms with van der Waals surface area (Å²) in [5, 5.41) is 10.5. The summed E-state index contributed by atoms with van der Waals surface area (Å²) in [5.74, 6) is 0. The van der Waals surface area contributed by atoms with E-state index >= 15 is 0 Å². The van der Waals surface area contributed by atoms with Crippen molar-refractivity contribution in [2.24, 2.45) is 0 Å². The Morgan fingerprint density at radius 1 is 1.38 bits per heavy atom. The van der Waals surface area contributed by atoms with Crippen LogP contribution in [0.3, 0.4) is 0 Å². The quantitative estimate of drug-likeness (QED) is 0.738. The first-order valence-corrected chi connectivity index (χ1v) is 9.39. The highest BCUT2D eigenvalue weighted by Gasteiger charge is 2.20. The van der Waals surface area contributed by atoms with Gasteiger partial charge in [0.15, 0.2) is 0 Å². The number of aryl methyl sites for hydroxylation is 2. The van der Waals surface area contributed by atoms with Gasteiger partial charge in [-0.25, -0.2) is 0 Å². The van der Waals surface area contributed by atoms with Crippen molar-refractivity contribution >= 4 is 27.3 Å². The van der Waals surface area contributed by atoms with Gasteiger partial charge in [-0.1, -0.05) is 19.9 Å². The molecule has 0 saturated heterocycles. The topological polar surface area (TPSA) is 29.9 Å². The first-order chi connectivity index (χ1) is 10.2. The highest BCUT2D eigenvalue weighted by molar-refractivity contribution is 9.10. The summed E-state index contributed by atoms with van der Waals surface area (Å²) >= 11 is 5.58. The molecule has 0 fully saturated rings. The fourth-order valence-electron chi connectivity index (χ4n) is 2.49. The molecule has 0 aliphatic rings. The van der Waals surface area contributed by atoms with Crippen LogP contribution >= 0.6 is 27.3 Å². The predicted molar refractivity (Wildman–Crippen MR) is 94.0 cm³/mol. The predicted octanol–water partition coefficient (Wildman–Crippen LogP) is 4.57. The Kier molecular flexibility index (Phi) is 6.45. The second-order valence-corrected chi connectivity index (χ2v) is 6.88. The molecule has 0 aromatic carbocycles. The number of rotatable bonds is 8. The van der Waals surface area contributed by atoms with E-state index in [2.05, 4.69) is 64.2 Å². The van der Waals surface area contributed by atoms with Crippen molar-refractivity contribution < 1.29 is 0 Å². The van der Waals surface area contributed by atoms with E-state index in [9.17, 15) is 0 Å². The zero-order valence-electron chi connectivity index (χ0n) is 13.0. The lowest BCUT2D eigenvalue weighted by molar-refractivity contribution is 0.507. The smallest absolute Gasteiger partial charge is 0.0766 e. The Balaban J connectivity index is 2.25. The minimum Gasteiger partial charge on any atom is -0.309 e. The Labute approximate surface area is 139 Å². The Hall–Kier alpha value is -0.650. The fourth-order valence-corrected chi connectivity index (χ4v) is 4.02. The molecule has 2 aromatic heterocycles. The number of thiophene rings is 1. The zero-order valence-corrected chi connectivity index (χ0v) is 15.4. The van der Waals surface area contributed by atoms with Crippen LogP contribution in [0.4, 0.5) is 0 Å². The van der Waals surface area contributed by atoms with E-state index in [0.717, 1.165) is 38.0 Å². The summed E-state index contributed by atoms with van der Waals surface area (Å²) < 4.78 is 3.32. The van der Waals surface area contributed by atoms with Crippen LogP contribution in [0, 0.1) is 0 Å². The molecule has 0 aliphatic carbocycles. The lowest BCUT2D eigenvalue weighted by atomic mass is 10.1. The van der Waals surface area contributed by atoms with Gasteiger partial charge >= 0.3 is 0 Å². The molecule has 0 amide bonds. The summed E-state index contributed by atoms with van der Waals surface area (Å²) in [7, 11) is 0. The number of nitrogens with zero attached hydrogens (tertiary/aromatic N) is 2. The van der Waals surface area contributed by atoms with Crippen LogP contribution in [0.2, 0.25) is 0 Å². The van der Waals surface area contributed by atoms with E-state index in [1.54, 1.807) is 0 Å². The molecule has 5 heteroatoms. The molecule has 116 valence electrons. The molecule has 2 rings (SSSR count). The maximum absolute atomic E-state index is 4.71. The van der Waals surface area contributed by atoms with Crippen molar-refractivity contribution in [3.8, 4) is 0 Å². The molecule has 1 unspecified atom stereocenters. The molecule has 2 heterocycles. The standard InChI is InChI=1S/C16H24BrN3S/c1-4-9-18-13(15-8-7-10-21-15)11-14-16(17)12(5-2)19-20(14)6-3/h7-8,10,13,18H,4-6,9,11H2,1-3H3.